The number of ether oxygens (including phenoxy) is 2. The minimum absolute atomic E-state index is 0.205. The van der Waals surface area contributed by atoms with Crippen LogP contribution in [0.15, 0.2) is 89.9 Å². The number of carbonyl (C=O) groups is 1. The van der Waals surface area contributed by atoms with Gasteiger partial charge in [0.25, 0.3) is 5.56 Å². The van der Waals surface area contributed by atoms with Crippen molar-refractivity contribution in [2.75, 3.05) is 13.2 Å². The summed E-state index contributed by atoms with van der Waals surface area (Å²) in [5, 5.41) is 10.2. The topological polar surface area (TPSA) is 77.8 Å². The van der Waals surface area contributed by atoms with E-state index >= 15 is 0 Å². The Morgan fingerprint density at radius 2 is 1.59 bits per heavy atom. The molecule has 1 heterocycles. The standard InChI is InChI=1S/C26H23NO5/c28-17-25(29)21-7-6-20-12-13-27(26(30)24(20)16-21)14-15-31-22-8-10-23(11-9-22)32-18-19-4-2-1-3-5-19/h1-13,16,28H,14-15,17-18H2. The van der Waals surface area contributed by atoms with Gasteiger partial charge in [-0.05, 0) is 47.3 Å². The van der Waals surface area contributed by atoms with E-state index in [9.17, 15) is 9.59 Å². The van der Waals surface area contributed by atoms with Crippen LogP contribution in [0.3, 0.4) is 0 Å². The van der Waals surface area contributed by atoms with E-state index in [0.29, 0.717) is 36.5 Å². The average Bonchev–Trinajstić information content (AvgIpc) is 2.85. The van der Waals surface area contributed by atoms with Crippen molar-refractivity contribution in [3.63, 3.8) is 0 Å². The van der Waals surface area contributed by atoms with Crippen LogP contribution in [0, 0.1) is 0 Å². The average molecular weight is 429 g/mol. The summed E-state index contributed by atoms with van der Waals surface area (Å²) < 4.78 is 13.1. The summed E-state index contributed by atoms with van der Waals surface area (Å²) in [6.07, 6.45) is 1.71. The van der Waals surface area contributed by atoms with E-state index in [4.69, 9.17) is 14.6 Å². The first-order valence-corrected chi connectivity index (χ1v) is 10.3. The number of benzene rings is 3. The van der Waals surface area contributed by atoms with Crippen molar-refractivity contribution in [3.05, 3.63) is 107 Å². The molecule has 6 nitrogen and oxygen atoms in total. The summed E-state index contributed by atoms with van der Waals surface area (Å²) in [5.74, 6) is 1.02. The van der Waals surface area contributed by atoms with E-state index in [1.54, 1.807) is 22.9 Å². The molecule has 0 saturated heterocycles. The minimum atomic E-state index is -0.587. The van der Waals surface area contributed by atoms with Gasteiger partial charge in [-0.2, -0.15) is 0 Å². The van der Waals surface area contributed by atoms with Gasteiger partial charge in [-0.3, -0.25) is 9.59 Å². The van der Waals surface area contributed by atoms with Crippen molar-refractivity contribution in [2.24, 2.45) is 0 Å². The van der Waals surface area contributed by atoms with Crippen LogP contribution < -0.4 is 15.0 Å². The third-order valence-electron chi connectivity index (χ3n) is 5.12. The largest absolute Gasteiger partial charge is 0.492 e. The molecule has 3 aromatic carbocycles. The van der Waals surface area contributed by atoms with Gasteiger partial charge in [0.15, 0.2) is 5.78 Å². The minimum Gasteiger partial charge on any atom is -0.492 e. The fourth-order valence-electron chi connectivity index (χ4n) is 3.36. The van der Waals surface area contributed by atoms with E-state index in [0.717, 1.165) is 16.7 Å². The summed E-state index contributed by atoms with van der Waals surface area (Å²) in [6, 6.07) is 24.0. The fourth-order valence-corrected chi connectivity index (χ4v) is 3.36. The lowest BCUT2D eigenvalue weighted by atomic mass is 10.1. The molecule has 0 bridgehead atoms. The number of rotatable bonds is 9. The number of aliphatic hydroxyl groups excluding tert-OH is 1. The summed E-state index contributed by atoms with van der Waals surface area (Å²) >= 11 is 0. The van der Waals surface area contributed by atoms with Crippen LogP contribution in [0.5, 0.6) is 11.5 Å². The number of hydrogen-bond donors (Lipinski definition) is 1. The highest BCUT2D eigenvalue weighted by Crippen LogP contribution is 2.19. The maximum Gasteiger partial charge on any atom is 0.258 e. The first kappa shape index (κ1) is 21.3. The Kier molecular flexibility index (Phi) is 6.63. The molecule has 162 valence electrons. The van der Waals surface area contributed by atoms with Crippen LogP contribution >= 0.6 is 0 Å². The lowest BCUT2D eigenvalue weighted by Gasteiger charge is -2.11. The molecule has 0 aliphatic heterocycles. The molecule has 0 aliphatic rings. The molecule has 4 rings (SSSR count). The van der Waals surface area contributed by atoms with Gasteiger partial charge >= 0.3 is 0 Å². The maximum atomic E-state index is 12.8. The maximum absolute atomic E-state index is 12.8. The van der Waals surface area contributed by atoms with E-state index < -0.39 is 12.4 Å². The smallest absolute Gasteiger partial charge is 0.258 e. The molecule has 0 unspecified atom stereocenters. The van der Waals surface area contributed by atoms with Crippen molar-refractivity contribution in [1.29, 1.82) is 0 Å². The molecule has 0 fully saturated rings. The summed E-state index contributed by atoms with van der Waals surface area (Å²) in [5.41, 5.74) is 1.21. The number of aliphatic hydroxyl groups is 1. The first-order chi connectivity index (χ1) is 15.6. The molecular weight excluding hydrogens is 406 g/mol. The summed E-state index contributed by atoms with van der Waals surface area (Å²) in [4.78, 5) is 24.5. The highest BCUT2D eigenvalue weighted by molar-refractivity contribution is 6.00. The number of pyridine rings is 1. The van der Waals surface area contributed by atoms with Crippen molar-refractivity contribution in [3.8, 4) is 11.5 Å². The number of hydrogen-bond acceptors (Lipinski definition) is 5. The van der Waals surface area contributed by atoms with Crippen LogP contribution in [0.25, 0.3) is 10.8 Å². The van der Waals surface area contributed by atoms with Crippen LogP contribution in [0.2, 0.25) is 0 Å². The third kappa shape index (κ3) is 5.04. The van der Waals surface area contributed by atoms with E-state index in [2.05, 4.69) is 0 Å². The second-order valence-electron chi connectivity index (χ2n) is 7.29. The quantitative estimate of drug-likeness (QED) is 0.409. The second kappa shape index (κ2) is 9.94. The van der Waals surface area contributed by atoms with Crippen molar-refractivity contribution in [1.82, 2.24) is 4.57 Å². The van der Waals surface area contributed by atoms with Gasteiger partial charge in [-0.15, -0.1) is 0 Å². The summed E-state index contributed by atoms with van der Waals surface area (Å²) in [6.45, 7) is 0.581. The predicted molar refractivity (Wildman–Crippen MR) is 122 cm³/mol. The molecule has 0 amide bonds. The number of nitrogens with zero attached hydrogens (tertiary/aromatic N) is 1. The number of Topliss-reactive ketones (excluding diaryl/α,β-unsaturated/α-hetero) is 1. The van der Waals surface area contributed by atoms with Gasteiger partial charge in [0.2, 0.25) is 0 Å². The molecule has 0 radical (unpaired) electrons. The summed E-state index contributed by atoms with van der Waals surface area (Å²) in [7, 11) is 0. The van der Waals surface area contributed by atoms with Gasteiger partial charge in [0.05, 0.1) is 6.54 Å². The highest BCUT2D eigenvalue weighted by Gasteiger charge is 2.09. The Hall–Kier alpha value is -3.90. The fraction of sp³-hybridized carbons (Fsp3) is 0.154. The van der Waals surface area contributed by atoms with Crippen LogP contribution in [-0.2, 0) is 13.2 Å². The zero-order chi connectivity index (χ0) is 22.3. The molecule has 6 heteroatoms. The van der Waals surface area contributed by atoms with Crippen molar-refractivity contribution >= 4 is 16.6 Å². The Labute approximate surface area is 185 Å². The van der Waals surface area contributed by atoms with Gasteiger partial charge in [-0.1, -0.05) is 42.5 Å². The highest BCUT2D eigenvalue weighted by atomic mass is 16.5. The van der Waals surface area contributed by atoms with Crippen molar-refractivity contribution in [2.45, 2.75) is 13.2 Å². The van der Waals surface area contributed by atoms with Gasteiger partial charge < -0.3 is 19.1 Å². The monoisotopic (exact) mass is 429 g/mol. The number of carbonyl (C=O) groups excluding carboxylic acids is 1. The Bertz CT molecular complexity index is 1260. The zero-order valence-corrected chi connectivity index (χ0v) is 17.4. The molecule has 1 aromatic heterocycles. The number of fused-ring (bicyclic) bond motifs is 1. The van der Waals surface area contributed by atoms with E-state index in [-0.39, 0.29) is 5.56 Å². The van der Waals surface area contributed by atoms with Gasteiger partial charge in [0, 0.05) is 17.1 Å². The molecule has 0 aliphatic carbocycles. The molecule has 1 N–H and O–H groups in total. The number of aromatic nitrogens is 1. The molecular formula is C26H23NO5. The molecule has 0 atom stereocenters. The molecule has 4 aromatic rings. The van der Waals surface area contributed by atoms with Crippen LogP contribution in [0.4, 0.5) is 0 Å². The lowest BCUT2D eigenvalue weighted by Crippen LogP contribution is -2.23. The zero-order valence-electron chi connectivity index (χ0n) is 17.4. The lowest BCUT2D eigenvalue weighted by molar-refractivity contribution is 0.0904. The van der Waals surface area contributed by atoms with Gasteiger partial charge in [0.1, 0.15) is 31.3 Å². The normalized spacial score (nSPS) is 10.8. The van der Waals surface area contributed by atoms with Crippen LogP contribution in [0.1, 0.15) is 15.9 Å². The molecule has 32 heavy (non-hydrogen) atoms. The Morgan fingerprint density at radius 3 is 2.31 bits per heavy atom. The SMILES string of the molecule is O=C(CO)c1ccc2ccn(CCOc3ccc(OCc4ccccc4)cc3)c(=O)c2c1. The Morgan fingerprint density at radius 1 is 0.875 bits per heavy atom. The second-order valence-corrected chi connectivity index (χ2v) is 7.29. The Balaban J connectivity index is 1.36. The van der Waals surface area contributed by atoms with E-state index in [1.807, 2.05) is 60.7 Å². The predicted octanol–water partition coefficient (Wildman–Crippen LogP) is 3.83. The first-order valence-electron chi connectivity index (χ1n) is 10.3. The van der Waals surface area contributed by atoms with Crippen LogP contribution in [-0.4, -0.2) is 28.7 Å². The molecule has 0 spiro atoms. The van der Waals surface area contributed by atoms with Gasteiger partial charge in [-0.25, -0.2) is 0 Å². The van der Waals surface area contributed by atoms with E-state index in [1.165, 1.54) is 6.07 Å². The molecule has 0 saturated carbocycles. The number of ketones is 1. The van der Waals surface area contributed by atoms with Crippen molar-refractivity contribution < 1.29 is 19.4 Å². The third-order valence-corrected chi connectivity index (χ3v) is 5.12.